The fourth-order valence-corrected chi connectivity index (χ4v) is 10.3. The van der Waals surface area contributed by atoms with Gasteiger partial charge in [0.1, 0.15) is 6.10 Å². The first-order valence-corrected chi connectivity index (χ1v) is 10.8. The molecule has 2 nitrogen and oxygen atoms in total. The van der Waals surface area contributed by atoms with Gasteiger partial charge in [0, 0.05) is 12.3 Å². The SMILES string of the molecule is CC(C)[Si](O[C@@H]1C(=O)CC2C=CC1CC2)(C(C)C)C(C)C. The number of allylic oxidation sites excluding steroid dienone is 1. The second-order valence-corrected chi connectivity index (χ2v) is 13.3. The van der Waals surface area contributed by atoms with Crippen molar-refractivity contribution in [2.75, 3.05) is 0 Å². The normalized spacial score (nSPS) is 29.8. The zero-order chi connectivity index (χ0) is 15.8. The molecule has 0 spiro atoms. The van der Waals surface area contributed by atoms with Gasteiger partial charge in [-0.3, -0.25) is 4.79 Å². The molecule has 2 bridgehead atoms. The van der Waals surface area contributed by atoms with E-state index >= 15 is 0 Å². The third-order valence-corrected chi connectivity index (χ3v) is 11.8. The second kappa shape index (κ2) is 6.37. The molecule has 120 valence electrons. The lowest BCUT2D eigenvalue weighted by molar-refractivity contribution is -0.127. The number of Topliss-reactive ketones (excluding diaryl/α,β-unsaturated/α-hetero) is 1. The molecule has 0 heterocycles. The van der Waals surface area contributed by atoms with E-state index in [9.17, 15) is 4.79 Å². The molecule has 0 N–H and O–H groups in total. The molecule has 3 aliphatic rings. The van der Waals surface area contributed by atoms with E-state index in [2.05, 4.69) is 53.7 Å². The Balaban J connectivity index is 2.31. The molecule has 0 aromatic heterocycles. The molecule has 0 saturated heterocycles. The quantitative estimate of drug-likeness (QED) is 0.521. The topological polar surface area (TPSA) is 26.3 Å². The van der Waals surface area contributed by atoms with Crippen molar-refractivity contribution < 1.29 is 9.22 Å². The summed E-state index contributed by atoms with van der Waals surface area (Å²) in [5.41, 5.74) is 1.61. The summed E-state index contributed by atoms with van der Waals surface area (Å²) in [7, 11) is -1.97. The average Bonchev–Trinajstić information content (AvgIpc) is 2.62. The summed E-state index contributed by atoms with van der Waals surface area (Å²) in [6.07, 6.45) is 7.33. The van der Waals surface area contributed by atoms with Crippen LogP contribution in [0, 0.1) is 11.8 Å². The summed E-state index contributed by atoms with van der Waals surface area (Å²) < 4.78 is 6.82. The molecule has 3 rings (SSSR count). The van der Waals surface area contributed by atoms with Crippen molar-refractivity contribution in [3.05, 3.63) is 12.2 Å². The molecule has 3 heteroatoms. The number of hydrogen-bond acceptors (Lipinski definition) is 2. The minimum atomic E-state index is -1.97. The highest BCUT2D eigenvalue weighted by Gasteiger charge is 2.49. The first-order chi connectivity index (χ1) is 9.79. The van der Waals surface area contributed by atoms with Crippen LogP contribution in [0.3, 0.4) is 0 Å². The number of rotatable bonds is 5. The Hall–Kier alpha value is -0.413. The van der Waals surface area contributed by atoms with E-state index in [0.29, 0.717) is 40.7 Å². The van der Waals surface area contributed by atoms with Crippen molar-refractivity contribution >= 4 is 14.1 Å². The smallest absolute Gasteiger partial charge is 0.201 e. The first-order valence-electron chi connectivity index (χ1n) is 8.67. The number of hydrogen-bond donors (Lipinski definition) is 0. The summed E-state index contributed by atoms with van der Waals surface area (Å²) in [5.74, 6) is 1.14. The summed E-state index contributed by atoms with van der Waals surface area (Å²) >= 11 is 0. The summed E-state index contributed by atoms with van der Waals surface area (Å²) in [6, 6.07) is 0. The van der Waals surface area contributed by atoms with Crippen LogP contribution < -0.4 is 0 Å². The summed E-state index contributed by atoms with van der Waals surface area (Å²) in [4.78, 5) is 12.7. The van der Waals surface area contributed by atoms with Gasteiger partial charge in [0.25, 0.3) is 0 Å². The maximum absolute atomic E-state index is 12.7. The Morgan fingerprint density at radius 3 is 2.00 bits per heavy atom. The maximum Gasteiger partial charge on any atom is 0.201 e. The van der Waals surface area contributed by atoms with E-state index < -0.39 is 8.32 Å². The number of carbonyl (C=O) groups is 1. The van der Waals surface area contributed by atoms with E-state index in [1.807, 2.05) is 0 Å². The van der Waals surface area contributed by atoms with Gasteiger partial charge in [-0.15, -0.1) is 0 Å². The minimum absolute atomic E-state index is 0.174. The summed E-state index contributed by atoms with van der Waals surface area (Å²) in [6.45, 7) is 13.8. The number of carbonyl (C=O) groups excluding carboxylic acids is 1. The predicted octanol–water partition coefficient (Wildman–Crippen LogP) is 5.10. The molecule has 0 amide bonds. The van der Waals surface area contributed by atoms with Gasteiger partial charge in [-0.1, -0.05) is 53.7 Å². The summed E-state index contributed by atoms with van der Waals surface area (Å²) in [5, 5.41) is 0. The Labute approximate surface area is 131 Å². The predicted molar refractivity (Wildman–Crippen MR) is 90.9 cm³/mol. The van der Waals surface area contributed by atoms with Crippen LogP contribution in [0.5, 0.6) is 0 Å². The fourth-order valence-electron chi connectivity index (χ4n) is 4.72. The van der Waals surface area contributed by atoms with Crippen molar-refractivity contribution in [2.24, 2.45) is 11.8 Å². The van der Waals surface area contributed by atoms with Crippen LogP contribution >= 0.6 is 0 Å². The minimum Gasteiger partial charge on any atom is -0.406 e. The van der Waals surface area contributed by atoms with E-state index in [1.165, 1.54) is 0 Å². The van der Waals surface area contributed by atoms with Gasteiger partial charge in [-0.25, -0.2) is 0 Å². The van der Waals surface area contributed by atoms with Crippen LogP contribution in [0.25, 0.3) is 0 Å². The Morgan fingerprint density at radius 1 is 1.00 bits per heavy atom. The lowest BCUT2D eigenvalue weighted by atomic mass is 9.90. The van der Waals surface area contributed by atoms with Gasteiger partial charge in [0.15, 0.2) is 5.78 Å². The zero-order valence-electron chi connectivity index (χ0n) is 14.6. The van der Waals surface area contributed by atoms with Gasteiger partial charge in [-0.05, 0) is 35.4 Å². The Bertz CT molecular complexity index is 390. The van der Waals surface area contributed by atoms with Crippen molar-refractivity contribution in [1.29, 1.82) is 0 Å². The maximum atomic E-state index is 12.7. The van der Waals surface area contributed by atoms with Gasteiger partial charge in [0.05, 0.1) is 0 Å². The molecule has 1 saturated carbocycles. The highest BCUT2D eigenvalue weighted by atomic mass is 28.4. The van der Waals surface area contributed by atoms with E-state index in [1.54, 1.807) is 0 Å². The van der Waals surface area contributed by atoms with E-state index in [0.717, 1.165) is 12.8 Å². The van der Waals surface area contributed by atoms with Crippen LogP contribution in [0.2, 0.25) is 16.6 Å². The van der Waals surface area contributed by atoms with E-state index in [-0.39, 0.29) is 6.10 Å². The monoisotopic (exact) mass is 308 g/mol. The van der Waals surface area contributed by atoms with Crippen molar-refractivity contribution in [2.45, 2.75) is 83.5 Å². The zero-order valence-corrected chi connectivity index (χ0v) is 15.6. The number of fused-ring (bicyclic) bond motifs is 3. The molecule has 3 aliphatic carbocycles. The molecule has 3 atom stereocenters. The van der Waals surface area contributed by atoms with Crippen LogP contribution in [0.15, 0.2) is 12.2 Å². The molecule has 2 unspecified atom stereocenters. The van der Waals surface area contributed by atoms with Crippen LogP contribution in [-0.4, -0.2) is 20.2 Å². The van der Waals surface area contributed by atoms with Crippen molar-refractivity contribution in [3.8, 4) is 0 Å². The van der Waals surface area contributed by atoms with Crippen LogP contribution in [0.1, 0.15) is 60.8 Å². The van der Waals surface area contributed by atoms with Crippen molar-refractivity contribution in [1.82, 2.24) is 0 Å². The number of ketones is 1. The standard InChI is InChI=1S/C18H32O2Si/c1-12(2)21(13(3)4,14(5)6)20-18-16-9-7-15(8-10-16)11-17(18)19/h7,9,12-16,18H,8,10-11H2,1-6H3/t15?,16?,18-/m0/s1. The molecule has 0 aliphatic heterocycles. The largest absolute Gasteiger partial charge is 0.406 e. The van der Waals surface area contributed by atoms with Gasteiger partial charge in [-0.2, -0.15) is 0 Å². The Kier molecular flexibility index (Phi) is 5.14. The highest BCUT2D eigenvalue weighted by Crippen LogP contribution is 2.45. The van der Waals surface area contributed by atoms with Crippen LogP contribution in [-0.2, 0) is 9.22 Å². The van der Waals surface area contributed by atoms with E-state index in [4.69, 9.17) is 4.43 Å². The second-order valence-electron chi connectivity index (χ2n) is 7.91. The highest BCUT2D eigenvalue weighted by molar-refractivity contribution is 6.77. The third-order valence-electron chi connectivity index (χ3n) is 5.71. The lowest BCUT2D eigenvalue weighted by Gasteiger charge is -2.45. The molecule has 21 heavy (non-hydrogen) atoms. The van der Waals surface area contributed by atoms with Gasteiger partial charge >= 0.3 is 0 Å². The Morgan fingerprint density at radius 2 is 1.57 bits per heavy atom. The van der Waals surface area contributed by atoms with Crippen molar-refractivity contribution in [3.63, 3.8) is 0 Å². The van der Waals surface area contributed by atoms with Crippen LogP contribution in [0.4, 0.5) is 0 Å². The fraction of sp³-hybridized carbons (Fsp3) is 0.833. The molecular weight excluding hydrogens is 276 g/mol. The van der Waals surface area contributed by atoms with Gasteiger partial charge in [0.2, 0.25) is 8.32 Å². The van der Waals surface area contributed by atoms with Gasteiger partial charge < -0.3 is 4.43 Å². The molecule has 1 fully saturated rings. The lowest BCUT2D eigenvalue weighted by Crippen LogP contribution is -2.52. The molecule has 0 radical (unpaired) electrons. The molecule has 0 aromatic carbocycles. The molecule has 0 aromatic rings. The third kappa shape index (κ3) is 3.05. The first kappa shape index (κ1) is 16.9. The molecular formula is C18H32O2Si. The average molecular weight is 309 g/mol.